The number of aliphatic carboxylic acids is 1. The van der Waals surface area contributed by atoms with Crippen LogP contribution in [0.5, 0.6) is 11.5 Å². The average molecular weight is 487 g/mol. The van der Waals surface area contributed by atoms with E-state index in [-0.39, 0.29) is 18.8 Å². The number of nitrogens with zero attached hydrogens (tertiary/aromatic N) is 1. The minimum atomic E-state index is -0.940. The number of aromatic nitrogens is 1. The number of hydrogen-bond donors (Lipinski definition) is 2. The van der Waals surface area contributed by atoms with Crippen molar-refractivity contribution in [1.82, 2.24) is 4.98 Å². The Kier molecular flexibility index (Phi) is 7.92. The Bertz CT molecular complexity index is 1340. The zero-order chi connectivity index (χ0) is 25.5. The van der Waals surface area contributed by atoms with E-state index in [2.05, 4.69) is 4.98 Å². The van der Waals surface area contributed by atoms with Crippen LogP contribution in [-0.4, -0.2) is 16.1 Å². The molecule has 3 aromatic carbocycles. The minimum Gasteiger partial charge on any atom is -0.489 e. The molecule has 184 valence electrons. The lowest BCUT2D eigenvalue weighted by Crippen LogP contribution is -2.08. The van der Waals surface area contributed by atoms with Gasteiger partial charge in [-0.1, -0.05) is 36.4 Å². The molecule has 1 heterocycles. The molecule has 0 radical (unpaired) electrons. The number of nitrogens with two attached hydrogens (primary N) is 1. The van der Waals surface area contributed by atoms with Crippen molar-refractivity contribution in [3.63, 3.8) is 0 Å². The first-order valence-electron chi connectivity index (χ1n) is 11.5. The lowest BCUT2D eigenvalue weighted by atomic mass is 9.97. The molecule has 1 atom stereocenters. The maximum absolute atomic E-state index is 15.3. The summed E-state index contributed by atoms with van der Waals surface area (Å²) in [5, 5.41) is 9.20. The highest BCUT2D eigenvalue weighted by Gasteiger charge is 2.15. The number of carbonyl (C=O) groups is 1. The summed E-state index contributed by atoms with van der Waals surface area (Å²) in [4.78, 5) is 15.2. The van der Waals surface area contributed by atoms with Crippen LogP contribution in [0.4, 0.5) is 4.39 Å². The van der Waals surface area contributed by atoms with Crippen LogP contribution in [0.1, 0.15) is 35.2 Å². The number of halogens is 1. The van der Waals surface area contributed by atoms with Crippen molar-refractivity contribution in [3.05, 3.63) is 113 Å². The molecule has 4 aromatic rings. The van der Waals surface area contributed by atoms with E-state index in [9.17, 15) is 9.90 Å². The molecule has 0 fully saturated rings. The predicted molar refractivity (Wildman–Crippen MR) is 135 cm³/mol. The standard InChI is InChI=1S/C29H27FN2O4/c1-19(31)25-6-4-7-26(29(25)30)23-13-21(14-24(15-23)35-17-20-9-11-32-12-10-20)18-36-27-8-3-2-5-22(27)16-28(33)34/h2-15,19H,16-18,31H2,1H3,(H,33,34)/t19-/m1/s1. The molecule has 6 nitrogen and oxygen atoms in total. The third kappa shape index (κ3) is 6.25. The number of benzene rings is 3. The van der Waals surface area contributed by atoms with Gasteiger partial charge in [0, 0.05) is 35.1 Å². The molecule has 0 aliphatic rings. The van der Waals surface area contributed by atoms with Crippen LogP contribution in [0.3, 0.4) is 0 Å². The monoisotopic (exact) mass is 486 g/mol. The second-order valence-corrected chi connectivity index (χ2v) is 8.47. The molecule has 36 heavy (non-hydrogen) atoms. The zero-order valence-electron chi connectivity index (χ0n) is 19.9. The van der Waals surface area contributed by atoms with E-state index in [0.29, 0.717) is 40.4 Å². The van der Waals surface area contributed by atoms with Gasteiger partial charge in [0.2, 0.25) is 0 Å². The smallest absolute Gasteiger partial charge is 0.307 e. The molecule has 0 bridgehead atoms. The molecule has 7 heteroatoms. The van der Waals surface area contributed by atoms with Gasteiger partial charge in [-0.2, -0.15) is 0 Å². The molecule has 1 aromatic heterocycles. The minimum absolute atomic E-state index is 0.144. The number of rotatable bonds is 10. The van der Waals surface area contributed by atoms with E-state index in [4.69, 9.17) is 15.2 Å². The second-order valence-electron chi connectivity index (χ2n) is 8.47. The van der Waals surface area contributed by atoms with Gasteiger partial charge in [0.1, 0.15) is 30.5 Å². The van der Waals surface area contributed by atoms with Gasteiger partial charge in [0.05, 0.1) is 6.42 Å². The summed E-state index contributed by atoms with van der Waals surface area (Å²) in [7, 11) is 0. The summed E-state index contributed by atoms with van der Waals surface area (Å²) >= 11 is 0. The van der Waals surface area contributed by atoms with Gasteiger partial charge in [-0.05, 0) is 60.0 Å². The van der Waals surface area contributed by atoms with E-state index in [1.807, 2.05) is 24.3 Å². The quantitative estimate of drug-likeness (QED) is 0.299. The molecule has 0 unspecified atom stereocenters. The fraction of sp³-hybridized carbons (Fsp3) is 0.172. The number of ether oxygens (including phenoxy) is 2. The molecule has 0 saturated heterocycles. The molecule has 0 aliphatic carbocycles. The van der Waals surface area contributed by atoms with E-state index in [0.717, 1.165) is 11.1 Å². The van der Waals surface area contributed by atoms with Crippen LogP contribution in [0.2, 0.25) is 0 Å². The van der Waals surface area contributed by atoms with Gasteiger partial charge in [-0.3, -0.25) is 9.78 Å². The van der Waals surface area contributed by atoms with Crippen LogP contribution in [0, 0.1) is 5.82 Å². The van der Waals surface area contributed by atoms with E-state index in [1.54, 1.807) is 67.8 Å². The van der Waals surface area contributed by atoms with Crippen LogP contribution in [-0.2, 0) is 24.4 Å². The Morgan fingerprint density at radius 2 is 1.72 bits per heavy atom. The molecular weight excluding hydrogens is 459 g/mol. The van der Waals surface area contributed by atoms with Crippen molar-refractivity contribution in [1.29, 1.82) is 0 Å². The summed E-state index contributed by atoms with van der Waals surface area (Å²) in [6.45, 7) is 2.20. The van der Waals surface area contributed by atoms with Crippen molar-refractivity contribution in [3.8, 4) is 22.6 Å². The SMILES string of the molecule is C[C@@H](N)c1cccc(-c2cc(COc3ccccc3CC(=O)O)cc(OCc3ccncc3)c2)c1F. The van der Waals surface area contributed by atoms with Gasteiger partial charge >= 0.3 is 5.97 Å². The third-order valence-electron chi connectivity index (χ3n) is 5.66. The Balaban J connectivity index is 1.66. The predicted octanol–water partition coefficient (Wildman–Crippen LogP) is 5.69. The fourth-order valence-corrected chi connectivity index (χ4v) is 3.87. The van der Waals surface area contributed by atoms with Crippen molar-refractivity contribution >= 4 is 5.97 Å². The summed E-state index contributed by atoms with van der Waals surface area (Å²) in [6.07, 6.45) is 3.24. The van der Waals surface area contributed by atoms with Crippen LogP contribution >= 0.6 is 0 Å². The first-order chi connectivity index (χ1) is 17.4. The van der Waals surface area contributed by atoms with Crippen LogP contribution < -0.4 is 15.2 Å². The summed E-state index contributed by atoms with van der Waals surface area (Å²) < 4.78 is 27.4. The first kappa shape index (κ1) is 24.9. The maximum atomic E-state index is 15.3. The zero-order valence-corrected chi connectivity index (χ0v) is 19.9. The van der Waals surface area contributed by atoms with Crippen LogP contribution in [0.25, 0.3) is 11.1 Å². The first-order valence-corrected chi connectivity index (χ1v) is 11.5. The second kappa shape index (κ2) is 11.5. The number of para-hydroxylation sites is 1. The number of carboxylic acid groups (broad SMARTS) is 1. The number of pyridine rings is 1. The highest BCUT2D eigenvalue weighted by atomic mass is 19.1. The van der Waals surface area contributed by atoms with E-state index >= 15 is 4.39 Å². The Labute approximate surface area is 209 Å². The largest absolute Gasteiger partial charge is 0.489 e. The summed E-state index contributed by atoms with van der Waals surface area (Å²) in [5.74, 6) is -0.288. The summed E-state index contributed by atoms with van der Waals surface area (Å²) in [6, 6.07) is 20.9. The maximum Gasteiger partial charge on any atom is 0.307 e. The lowest BCUT2D eigenvalue weighted by Gasteiger charge is -2.16. The van der Waals surface area contributed by atoms with Crippen molar-refractivity contribution in [2.45, 2.75) is 32.6 Å². The normalized spacial score (nSPS) is 11.6. The Morgan fingerprint density at radius 3 is 2.47 bits per heavy atom. The lowest BCUT2D eigenvalue weighted by molar-refractivity contribution is -0.136. The molecular formula is C29H27FN2O4. The van der Waals surface area contributed by atoms with Crippen molar-refractivity contribution < 1.29 is 23.8 Å². The number of carboxylic acids is 1. The van der Waals surface area contributed by atoms with E-state index in [1.165, 1.54) is 0 Å². The fourth-order valence-electron chi connectivity index (χ4n) is 3.87. The van der Waals surface area contributed by atoms with Crippen molar-refractivity contribution in [2.24, 2.45) is 5.73 Å². The molecule has 0 aliphatic heterocycles. The van der Waals surface area contributed by atoms with Gasteiger partial charge in [-0.25, -0.2) is 4.39 Å². The van der Waals surface area contributed by atoms with Gasteiger partial charge in [0.15, 0.2) is 0 Å². The Morgan fingerprint density at radius 1 is 0.972 bits per heavy atom. The average Bonchev–Trinajstić information content (AvgIpc) is 2.87. The van der Waals surface area contributed by atoms with Gasteiger partial charge < -0.3 is 20.3 Å². The van der Waals surface area contributed by atoms with E-state index < -0.39 is 12.0 Å². The highest BCUT2D eigenvalue weighted by molar-refractivity contribution is 5.71. The molecule has 0 amide bonds. The van der Waals surface area contributed by atoms with Gasteiger partial charge in [-0.15, -0.1) is 0 Å². The van der Waals surface area contributed by atoms with Crippen LogP contribution in [0.15, 0.2) is 85.2 Å². The van der Waals surface area contributed by atoms with Gasteiger partial charge in [0.25, 0.3) is 0 Å². The molecule has 0 saturated carbocycles. The third-order valence-corrected chi connectivity index (χ3v) is 5.66. The molecule has 0 spiro atoms. The molecule has 3 N–H and O–H groups in total. The highest BCUT2D eigenvalue weighted by Crippen LogP contribution is 2.32. The van der Waals surface area contributed by atoms with Crippen molar-refractivity contribution in [2.75, 3.05) is 0 Å². The topological polar surface area (TPSA) is 94.7 Å². The summed E-state index contributed by atoms with van der Waals surface area (Å²) in [5.41, 5.74) is 9.69. The molecule has 4 rings (SSSR count). The number of hydrogen-bond acceptors (Lipinski definition) is 5. The Hall–Kier alpha value is -4.23.